The van der Waals surface area contributed by atoms with Crippen LogP contribution in [0.5, 0.6) is 0 Å². The SMILES string of the molecule is C=C/C=C\C=C\c1nc(-c2cccc3sc4c(-c5nc(-c6ccccc6)nc(-c6ccc7c(c6)oc6ccccc67)n5)cccc4c23)nc2c1sc1ccccc12. The van der Waals surface area contributed by atoms with Crippen LogP contribution >= 0.6 is 22.7 Å². The van der Waals surface area contributed by atoms with E-state index in [4.69, 9.17) is 29.3 Å². The van der Waals surface area contributed by atoms with Crippen molar-refractivity contribution in [1.82, 2.24) is 24.9 Å². The van der Waals surface area contributed by atoms with Gasteiger partial charge in [-0.3, -0.25) is 0 Å². The Morgan fingerprint density at radius 1 is 0.474 bits per heavy atom. The topological polar surface area (TPSA) is 77.6 Å². The molecule has 0 saturated carbocycles. The third kappa shape index (κ3) is 5.65. The Labute approximate surface area is 334 Å². The van der Waals surface area contributed by atoms with E-state index in [9.17, 15) is 0 Å². The number of allylic oxidation sites excluding steroid dienone is 4. The van der Waals surface area contributed by atoms with Gasteiger partial charge in [0.15, 0.2) is 23.3 Å². The Balaban J connectivity index is 1.11. The van der Waals surface area contributed by atoms with Crippen molar-refractivity contribution in [2.75, 3.05) is 0 Å². The minimum absolute atomic E-state index is 0.577. The highest BCUT2D eigenvalue weighted by Gasteiger charge is 2.21. The molecule has 6 aromatic carbocycles. The smallest absolute Gasteiger partial charge is 0.165 e. The Morgan fingerprint density at radius 3 is 2.05 bits per heavy atom. The zero-order valence-corrected chi connectivity index (χ0v) is 31.9. The normalized spacial score (nSPS) is 12.1. The summed E-state index contributed by atoms with van der Waals surface area (Å²) in [6.07, 6.45) is 9.71. The van der Waals surface area contributed by atoms with Gasteiger partial charge >= 0.3 is 0 Å². The monoisotopic (exact) mass is 767 g/mol. The van der Waals surface area contributed by atoms with Crippen LogP contribution in [0.1, 0.15) is 5.69 Å². The number of hydrogen-bond donors (Lipinski definition) is 0. The average molecular weight is 768 g/mol. The maximum atomic E-state index is 6.27. The van der Waals surface area contributed by atoms with E-state index in [1.165, 1.54) is 4.70 Å². The predicted octanol–water partition coefficient (Wildman–Crippen LogP) is 13.7. The van der Waals surface area contributed by atoms with E-state index in [-0.39, 0.29) is 0 Å². The molecule has 0 saturated heterocycles. The van der Waals surface area contributed by atoms with Gasteiger partial charge < -0.3 is 4.42 Å². The Morgan fingerprint density at radius 2 is 1.16 bits per heavy atom. The molecule has 0 fully saturated rings. The zero-order valence-electron chi connectivity index (χ0n) is 30.3. The number of nitrogens with zero attached hydrogens (tertiary/aromatic N) is 5. The van der Waals surface area contributed by atoms with E-state index >= 15 is 0 Å². The number of fused-ring (bicyclic) bond motifs is 9. The van der Waals surface area contributed by atoms with Gasteiger partial charge in [0.05, 0.1) is 15.9 Å². The quantitative estimate of drug-likeness (QED) is 0.150. The summed E-state index contributed by atoms with van der Waals surface area (Å²) in [4.78, 5) is 25.8. The molecule has 11 rings (SSSR count). The average Bonchev–Trinajstić information content (AvgIpc) is 3.96. The first-order valence-corrected chi connectivity index (χ1v) is 20.2. The van der Waals surface area contributed by atoms with E-state index in [0.29, 0.717) is 23.3 Å². The molecule has 8 heteroatoms. The van der Waals surface area contributed by atoms with Gasteiger partial charge in [0, 0.05) is 63.3 Å². The van der Waals surface area contributed by atoms with Crippen molar-refractivity contribution in [2.45, 2.75) is 0 Å². The third-order valence-electron chi connectivity index (χ3n) is 10.2. The van der Waals surface area contributed by atoms with Gasteiger partial charge in [0.1, 0.15) is 11.2 Å². The number of furan rings is 1. The highest BCUT2D eigenvalue weighted by molar-refractivity contribution is 7.26. The molecule has 0 aliphatic heterocycles. The van der Waals surface area contributed by atoms with Crippen LogP contribution in [-0.4, -0.2) is 24.9 Å². The van der Waals surface area contributed by atoms with Crippen molar-refractivity contribution in [2.24, 2.45) is 0 Å². The van der Waals surface area contributed by atoms with Crippen LogP contribution < -0.4 is 0 Å². The van der Waals surface area contributed by atoms with Crippen LogP contribution in [0.2, 0.25) is 0 Å². The summed E-state index contributed by atoms with van der Waals surface area (Å²) in [5.41, 5.74) is 7.16. The van der Waals surface area contributed by atoms with Crippen molar-refractivity contribution >= 4 is 91.2 Å². The molecule has 0 N–H and O–H groups in total. The van der Waals surface area contributed by atoms with Crippen molar-refractivity contribution in [3.63, 3.8) is 0 Å². The minimum atomic E-state index is 0.577. The second-order valence-corrected chi connectivity index (χ2v) is 15.7. The van der Waals surface area contributed by atoms with Gasteiger partial charge in [-0.1, -0.05) is 128 Å². The molecule has 11 aromatic rings. The highest BCUT2D eigenvalue weighted by Crippen LogP contribution is 2.44. The first-order chi connectivity index (χ1) is 28.2. The summed E-state index contributed by atoms with van der Waals surface area (Å²) < 4.78 is 10.7. The van der Waals surface area contributed by atoms with Crippen molar-refractivity contribution in [1.29, 1.82) is 0 Å². The predicted molar refractivity (Wildman–Crippen MR) is 239 cm³/mol. The molecular weight excluding hydrogens is 739 g/mol. The molecule has 6 nitrogen and oxygen atoms in total. The lowest BCUT2D eigenvalue weighted by molar-refractivity contribution is 0.669. The summed E-state index contributed by atoms with van der Waals surface area (Å²) in [5.74, 6) is 2.47. The standard InChI is InChI=1S/C49H29N5OS2/c1-2-3-4-8-22-37-45-43(33-18-10-12-24-40(33)56-45)51-48(50-37)35-20-14-25-41-42(35)34-19-13-21-36(44(34)57-41)49-53-46(29-15-6-5-7-16-29)52-47(54-49)30-26-27-32-31-17-9-11-23-38(31)55-39(32)28-30/h2-28H,1H2/b4-3-,22-8+. The van der Waals surface area contributed by atoms with E-state index < -0.39 is 0 Å². The van der Waals surface area contributed by atoms with Crippen LogP contribution in [0.3, 0.4) is 0 Å². The number of rotatable bonds is 7. The fraction of sp³-hybridized carbons (Fsp3) is 0. The van der Waals surface area contributed by atoms with Gasteiger partial charge in [-0.05, 0) is 42.5 Å². The maximum Gasteiger partial charge on any atom is 0.165 e. The first kappa shape index (κ1) is 33.2. The molecule has 5 heterocycles. The van der Waals surface area contributed by atoms with E-state index in [2.05, 4.69) is 91.5 Å². The summed E-state index contributed by atoms with van der Waals surface area (Å²) >= 11 is 3.45. The number of aromatic nitrogens is 5. The van der Waals surface area contributed by atoms with Crippen LogP contribution in [0.15, 0.2) is 169 Å². The fourth-order valence-electron chi connectivity index (χ4n) is 7.55. The van der Waals surface area contributed by atoms with Crippen LogP contribution in [0.25, 0.3) is 114 Å². The number of hydrogen-bond acceptors (Lipinski definition) is 8. The molecule has 0 amide bonds. The molecular formula is C49H29N5OS2. The Bertz CT molecular complexity index is 3450. The zero-order chi connectivity index (χ0) is 37.9. The molecule has 0 aliphatic carbocycles. The lowest BCUT2D eigenvalue weighted by Gasteiger charge is -2.09. The van der Waals surface area contributed by atoms with Crippen molar-refractivity contribution in [3.8, 4) is 45.6 Å². The summed E-state index contributed by atoms with van der Waals surface area (Å²) in [6.45, 7) is 3.81. The van der Waals surface area contributed by atoms with Crippen LogP contribution in [0, 0.1) is 0 Å². The van der Waals surface area contributed by atoms with Gasteiger partial charge in [0.2, 0.25) is 0 Å². The van der Waals surface area contributed by atoms with Crippen molar-refractivity contribution in [3.05, 3.63) is 170 Å². The molecule has 0 bridgehead atoms. The number of benzene rings is 6. The largest absolute Gasteiger partial charge is 0.456 e. The molecule has 0 aliphatic rings. The summed E-state index contributed by atoms with van der Waals surface area (Å²) in [7, 11) is 0. The van der Waals surface area contributed by atoms with Gasteiger partial charge in [-0.15, -0.1) is 22.7 Å². The lowest BCUT2D eigenvalue weighted by Crippen LogP contribution is -2.00. The molecule has 0 spiro atoms. The lowest BCUT2D eigenvalue weighted by atomic mass is 10.0. The second kappa shape index (κ2) is 13.6. The van der Waals surface area contributed by atoms with Crippen molar-refractivity contribution < 1.29 is 4.42 Å². The van der Waals surface area contributed by atoms with E-state index in [0.717, 1.165) is 85.7 Å². The molecule has 57 heavy (non-hydrogen) atoms. The molecule has 5 aromatic heterocycles. The number of para-hydroxylation sites is 1. The molecule has 0 radical (unpaired) electrons. The molecule has 0 atom stereocenters. The van der Waals surface area contributed by atoms with E-state index in [1.807, 2.05) is 72.8 Å². The highest BCUT2D eigenvalue weighted by atomic mass is 32.1. The Hall–Kier alpha value is -7.13. The second-order valence-electron chi connectivity index (χ2n) is 13.6. The summed E-state index contributed by atoms with van der Waals surface area (Å²) in [6, 6.07) is 45.6. The van der Waals surface area contributed by atoms with E-state index in [1.54, 1.807) is 28.7 Å². The minimum Gasteiger partial charge on any atom is -0.456 e. The summed E-state index contributed by atoms with van der Waals surface area (Å²) in [5, 5.41) is 5.47. The molecule has 268 valence electrons. The van der Waals surface area contributed by atoms with Crippen LogP contribution in [0.4, 0.5) is 0 Å². The van der Waals surface area contributed by atoms with Gasteiger partial charge in [0.25, 0.3) is 0 Å². The third-order valence-corrected chi connectivity index (χ3v) is 12.6. The first-order valence-electron chi connectivity index (χ1n) is 18.5. The molecule has 0 unspecified atom stereocenters. The Kier molecular flexibility index (Phi) is 7.91. The van der Waals surface area contributed by atoms with Crippen LogP contribution in [-0.2, 0) is 0 Å². The van der Waals surface area contributed by atoms with Gasteiger partial charge in [-0.2, -0.15) is 0 Å². The maximum absolute atomic E-state index is 6.27. The fourth-order valence-corrected chi connectivity index (χ4v) is 9.90. The van der Waals surface area contributed by atoms with Gasteiger partial charge in [-0.25, -0.2) is 24.9 Å². The number of thiophene rings is 2.